The average Bonchev–Trinajstić information content (AvgIpc) is 2.35. The molecule has 0 saturated heterocycles. The Morgan fingerprint density at radius 1 is 1.00 bits per heavy atom. The van der Waals surface area contributed by atoms with Crippen molar-refractivity contribution in [2.75, 3.05) is 14.2 Å². The maximum absolute atomic E-state index is 11.4. The molecule has 1 fully saturated rings. The fourth-order valence-electron chi connectivity index (χ4n) is 2.09. The van der Waals surface area contributed by atoms with E-state index in [1.165, 1.54) is 14.2 Å². The number of hydrogen-bond acceptors (Lipinski definition) is 6. The van der Waals surface area contributed by atoms with Gasteiger partial charge < -0.3 is 9.47 Å². The number of carbonyl (C=O) groups excluding carboxylic acids is 2. The van der Waals surface area contributed by atoms with Crippen LogP contribution in [0.3, 0.4) is 0 Å². The lowest BCUT2D eigenvalue weighted by atomic mass is 9.79. The molecule has 0 spiro atoms. The molecule has 1 rings (SSSR count). The summed E-state index contributed by atoms with van der Waals surface area (Å²) in [7, 11) is 2.57. The molecule has 0 bridgehead atoms. The van der Waals surface area contributed by atoms with E-state index in [9.17, 15) is 14.5 Å². The van der Waals surface area contributed by atoms with Gasteiger partial charge in [-0.15, -0.1) is 0 Å². The first-order valence-electron chi connectivity index (χ1n) is 5.10. The van der Waals surface area contributed by atoms with E-state index >= 15 is 0 Å². The third-order valence-corrected chi connectivity index (χ3v) is 2.90. The van der Waals surface area contributed by atoms with Crippen molar-refractivity contribution in [1.82, 2.24) is 0 Å². The van der Waals surface area contributed by atoms with Crippen LogP contribution in [0, 0.1) is 16.7 Å². The Kier molecular flexibility index (Phi) is 4.39. The number of methoxy groups -OCH3 is 2. The predicted molar refractivity (Wildman–Crippen MR) is 54.4 cm³/mol. The van der Waals surface area contributed by atoms with Gasteiger partial charge in [-0.3, -0.25) is 9.59 Å². The Morgan fingerprint density at radius 2 is 1.44 bits per heavy atom. The Hall–Kier alpha value is -1.46. The molecule has 1 unspecified atom stereocenters. The molecule has 0 aromatic rings. The third kappa shape index (κ3) is 2.77. The lowest BCUT2D eigenvalue weighted by Gasteiger charge is -2.28. The van der Waals surface area contributed by atoms with Gasteiger partial charge >= 0.3 is 11.9 Å². The Bertz CT molecular complexity index is 267. The number of ether oxygens (including phenoxy) is 2. The minimum Gasteiger partial charge on any atom is -0.469 e. The van der Waals surface area contributed by atoms with Crippen LogP contribution in [0.25, 0.3) is 0 Å². The minimum absolute atomic E-state index is 0.351. The maximum Gasteiger partial charge on any atom is 0.308 e. The van der Waals surface area contributed by atoms with Crippen LogP contribution in [0.2, 0.25) is 0 Å². The molecule has 0 radical (unpaired) electrons. The zero-order valence-corrected chi connectivity index (χ0v) is 9.34. The van der Waals surface area contributed by atoms with Crippen LogP contribution in [0.15, 0.2) is 5.18 Å². The molecule has 3 atom stereocenters. The van der Waals surface area contributed by atoms with E-state index < -0.39 is 29.8 Å². The van der Waals surface area contributed by atoms with E-state index in [1.807, 2.05) is 0 Å². The Morgan fingerprint density at radius 3 is 1.75 bits per heavy atom. The molecule has 0 heterocycles. The molecule has 90 valence electrons. The summed E-state index contributed by atoms with van der Waals surface area (Å²) < 4.78 is 9.22. The largest absolute Gasteiger partial charge is 0.469 e. The molecule has 1 saturated carbocycles. The molecular formula is C10H15NO5. The monoisotopic (exact) mass is 229 g/mol. The van der Waals surface area contributed by atoms with Crippen molar-refractivity contribution in [2.24, 2.45) is 17.0 Å². The summed E-state index contributed by atoms with van der Waals surface area (Å²) in [6.45, 7) is 0. The van der Waals surface area contributed by atoms with Gasteiger partial charge in [-0.1, -0.05) is 5.18 Å². The second-order valence-electron chi connectivity index (χ2n) is 3.91. The average molecular weight is 229 g/mol. The number of nitrogens with zero attached hydrogens (tertiary/aromatic N) is 1. The molecule has 0 aliphatic heterocycles. The zero-order chi connectivity index (χ0) is 12.1. The highest BCUT2D eigenvalue weighted by molar-refractivity contribution is 5.76. The number of nitroso groups, excluding NO2 is 1. The summed E-state index contributed by atoms with van der Waals surface area (Å²) in [6.07, 6.45) is 1.07. The Labute approximate surface area is 93.3 Å². The van der Waals surface area contributed by atoms with Gasteiger partial charge in [0.1, 0.15) is 0 Å². The lowest BCUT2D eigenvalue weighted by Crippen LogP contribution is -2.34. The first kappa shape index (κ1) is 12.6. The van der Waals surface area contributed by atoms with Crippen LogP contribution in [-0.4, -0.2) is 32.2 Å². The smallest absolute Gasteiger partial charge is 0.308 e. The second kappa shape index (κ2) is 5.58. The van der Waals surface area contributed by atoms with Crippen LogP contribution in [0.4, 0.5) is 0 Å². The highest BCUT2D eigenvalue weighted by Gasteiger charge is 2.37. The van der Waals surface area contributed by atoms with Gasteiger partial charge in [0.15, 0.2) is 0 Å². The number of rotatable bonds is 3. The summed E-state index contributed by atoms with van der Waals surface area (Å²) in [5, 5.41) is 2.92. The van der Waals surface area contributed by atoms with Gasteiger partial charge in [0.05, 0.1) is 32.1 Å². The van der Waals surface area contributed by atoms with Crippen molar-refractivity contribution in [3.8, 4) is 0 Å². The van der Waals surface area contributed by atoms with Gasteiger partial charge in [0.25, 0.3) is 0 Å². The Balaban J connectivity index is 2.72. The van der Waals surface area contributed by atoms with Gasteiger partial charge in [-0.25, -0.2) is 0 Å². The number of hydrogen-bond donors (Lipinski definition) is 0. The normalized spacial score (nSPS) is 29.2. The van der Waals surface area contributed by atoms with Gasteiger partial charge in [0.2, 0.25) is 0 Å². The highest BCUT2D eigenvalue weighted by Crippen LogP contribution is 2.32. The van der Waals surface area contributed by atoms with Crippen LogP contribution >= 0.6 is 0 Å². The molecule has 0 amide bonds. The standard InChI is InChI=1S/C10H15NO5/c1-15-9(12)6-3-7(10(13)16-2)5-8(4-6)11-14/h6-8H,3-5H2,1-2H3/t6-,7+,8?. The van der Waals surface area contributed by atoms with Gasteiger partial charge in [-0.2, -0.15) is 4.91 Å². The van der Waals surface area contributed by atoms with Gasteiger partial charge in [-0.05, 0) is 19.3 Å². The van der Waals surface area contributed by atoms with E-state index in [2.05, 4.69) is 14.7 Å². The van der Waals surface area contributed by atoms with Crippen molar-refractivity contribution in [2.45, 2.75) is 25.3 Å². The van der Waals surface area contributed by atoms with Crippen LogP contribution in [0.1, 0.15) is 19.3 Å². The van der Waals surface area contributed by atoms with E-state index in [-0.39, 0.29) is 0 Å². The highest BCUT2D eigenvalue weighted by atomic mass is 16.5. The number of esters is 2. The maximum atomic E-state index is 11.4. The molecule has 1 aliphatic carbocycles. The summed E-state index contributed by atoms with van der Waals surface area (Å²) in [6, 6.07) is -0.512. The topological polar surface area (TPSA) is 82.0 Å². The lowest BCUT2D eigenvalue weighted by molar-refractivity contribution is -0.152. The zero-order valence-electron chi connectivity index (χ0n) is 9.34. The van der Waals surface area contributed by atoms with E-state index in [0.717, 1.165) is 0 Å². The summed E-state index contributed by atoms with van der Waals surface area (Å²) in [5.74, 6) is -1.68. The van der Waals surface area contributed by atoms with E-state index in [1.54, 1.807) is 0 Å². The van der Waals surface area contributed by atoms with E-state index in [4.69, 9.17) is 0 Å². The minimum atomic E-state index is -0.512. The van der Waals surface area contributed by atoms with Crippen molar-refractivity contribution in [1.29, 1.82) is 0 Å². The fourth-order valence-corrected chi connectivity index (χ4v) is 2.09. The predicted octanol–water partition coefficient (Wildman–Crippen LogP) is 0.884. The third-order valence-electron chi connectivity index (χ3n) is 2.90. The summed E-state index contributed by atoms with van der Waals surface area (Å²) in [5.41, 5.74) is 0. The van der Waals surface area contributed by atoms with Crippen LogP contribution in [0.5, 0.6) is 0 Å². The second-order valence-corrected chi connectivity index (χ2v) is 3.91. The molecule has 16 heavy (non-hydrogen) atoms. The SMILES string of the molecule is COC(=O)[C@@H]1CC(N=O)C[C@H](C(=O)OC)C1. The molecule has 0 N–H and O–H groups in total. The summed E-state index contributed by atoms with van der Waals surface area (Å²) in [4.78, 5) is 33.3. The molecule has 0 aromatic heterocycles. The molecule has 1 aliphatic rings. The molecular weight excluding hydrogens is 214 g/mol. The summed E-state index contributed by atoms with van der Waals surface area (Å²) >= 11 is 0. The van der Waals surface area contributed by atoms with Crippen LogP contribution < -0.4 is 0 Å². The van der Waals surface area contributed by atoms with Crippen molar-refractivity contribution < 1.29 is 19.1 Å². The molecule has 0 aromatic carbocycles. The fraction of sp³-hybridized carbons (Fsp3) is 0.800. The van der Waals surface area contributed by atoms with E-state index in [0.29, 0.717) is 19.3 Å². The van der Waals surface area contributed by atoms with Gasteiger partial charge in [0, 0.05) is 0 Å². The molecule has 6 heteroatoms. The van der Waals surface area contributed by atoms with Crippen molar-refractivity contribution in [3.63, 3.8) is 0 Å². The van der Waals surface area contributed by atoms with Crippen molar-refractivity contribution in [3.05, 3.63) is 4.91 Å². The first-order valence-corrected chi connectivity index (χ1v) is 5.10. The first-order chi connectivity index (χ1) is 7.62. The van der Waals surface area contributed by atoms with Crippen molar-refractivity contribution >= 4 is 11.9 Å². The van der Waals surface area contributed by atoms with Crippen LogP contribution in [-0.2, 0) is 19.1 Å². The number of carbonyl (C=O) groups is 2. The quantitative estimate of drug-likeness (QED) is 0.530. The molecule has 6 nitrogen and oxygen atoms in total.